The molecule has 6 heteroatoms. The van der Waals surface area contributed by atoms with Gasteiger partial charge in [-0.15, -0.1) is 0 Å². The molecule has 0 bridgehead atoms. The Morgan fingerprint density at radius 2 is 1.85 bits per heavy atom. The van der Waals surface area contributed by atoms with Gasteiger partial charge in [0.05, 0.1) is 22.5 Å². The first-order valence-electron chi connectivity index (χ1n) is 8.19. The van der Waals surface area contributed by atoms with E-state index in [0.717, 1.165) is 26.6 Å². The third kappa shape index (κ3) is 3.70. The molecule has 2 heterocycles. The summed E-state index contributed by atoms with van der Waals surface area (Å²) in [6, 6.07) is 20.6. The van der Waals surface area contributed by atoms with Gasteiger partial charge >= 0.3 is 0 Å². The Labute approximate surface area is 169 Å². The van der Waals surface area contributed by atoms with Gasteiger partial charge in [-0.1, -0.05) is 57.9 Å². The molecule has 0 radical (unpaired) electrons. The molecule has 4 rings (SSSR count). The van der Waals surface area contributed by atoms with E-state index in [1.54, 1.807) is 24.4 Å². The maximum atomic E-state index is 13.0. The predicted octanol–water partition coefficient (Wildman–Crippen LogP) is 5.97. The Kier molecular flexibility index (Phi) is 4.88. The number of halogens is 2. The van der Waals surface area contributed by atoms with Crippen molar-refractivity contribution in [1.29, 1.82) is 0 Å². The van der Waals surface area contributed by atoms with Crippen LogP contribution in [0.5, 0.6) is 0 Å². The van der Waals surface area contributed by atoms with Gasteiger partial charge in [-0.3, -0.25) is 4.79 Å². The molecule has 0 fully saturated rings. The molecular formula is C21H13BrClN3O. The molecule has 0 saturated heterocycles. The summed E-state index contributed by atoms with van der Waals surface area (Å²) in [5.74, 6) is -0.264. The van der Waals surface area contributed by atoms with Crippen molar-refractivity contribution in [2.75, 3.05) is 5.32 Å². The molecule has 4 nitrogen and oxygen atoms in total. The fourth-order valence-electron chi connectivity index (χ4n) is 2.83. The van der Waals surface area contributed by atoms with Crippen LogP contribution in [0.4, 0.5) is 5.69 Å². The second-order valence-corrected chi connectivity index (χ2v) is 7.15. The molecule has 0 unspecified atom stereocenters. The van der Waals surface area contributed by atoms with E-state index in [2.05, 4.69) is 26.2 Å². The zero-order valence-corrected chi connectivity index (χ0v) is 16.3. The summed E-state index contributed by atoms with van der Waals surface area (Å²) in [5, 5.41) is 3.86. The summed E-state index contributed by atoms with van der Waals surface area (Å²) in [6.45, 7) is 0. The zero-order valence-electron chi connectivity index (χ0n) is 14.0. The average molecular weight is 439 g/mol. The Morgan fingerprint density at radius 1 is 1.00 bits per heavy atom. The summed E-state index contributed by atoms with van der Waals surface area (Å²) >= 11 is 9.56. The molecule has 0 saturated carbocycles. The zero-order chi connectivity index (χ0) is 18.8. The highest BCUT2D eigenvalue weighted by molar-refractivity contribution is 9.10. The van der Waals surface area contributed by atoms with Crippen molar-refractivity contribution >= 4 is 50.0 Å². The summed E-state index contributed by atoms with van der Waals surface area (Å²) in [7, 11) is 0. The number of hydrogen-bond acceptors (Lipinski definition) is 3. The van der Waals surface area contributed by atoms with Crippen LogP contribution in [0.1, 0.15) is 10.4 Å². The monoisotopic (exact) mass is 437 g/mol. The molecule has 2 aromatic heterocycles. The first kappa shape index (κ1) is 17.6. The second kappa shape index (κ2) is 7.47. The van der Waals surface area contributed by atoms with Crippen LogP contribution in [0, 0.1) is 0 Å². The number of rotatable bonds is 3. The number of aromatic nitrogens is 2. The first-order chi connectivity index (χ1) is 13.1. The molecule has 1 amide bonds. The van der Waals surface area contributed by atoms with Gasteiger partial charge in [0.2, 0.25) is 0 Å². The highest BCUT2D eigenvalue weighted by Gasteiger charge is 2.15. The standard InChI is InChI=1S/C21H13BrClN3O/c22-14-6-3-5-13(11-14)19-12-16(15-7-1-2-8-17(15)25-19)21(27)26-18-9-4-10-24-20(18)23/h1-12H,(H,26,27). The largest absolute Gasteiger partial charge is 0.319 e. The normalized spacial score (nSPS) is 10.7. The number of nitrogens with zero attached hydrogens (tertiary/aromatic N) is 2. The molecule has 0 aliphatic rings. The maximum absolute atomic E-state index is 13.0. The van der Waals surface area contributed by atoms with Crippen LogP contribution >= 0.6 is 27.5 Å². The van der Waals surface area contributed by atoms with Crippen LogP contribution in [-0.4, -0.2) is 15.9 Å². The molecule has 0 atom stereocenters. The molecular weight excluding hydrogens is 426 g/mol. The van der Waals surface area contributed by atoms with Crippen molar-refractivity contribution in [2.45, 2.75) is 0 Å². The molecule has 0 aliphatic heterocycles. The van der Waals surface area contributed by atoms with Gasteiger partial charge in [0.25, 0.3) is 5.91 Å². The van der Waals surface area contributed by atoms with E-state index in [1.807, 2.05) is 48.5 Å². The molecule has 27 heavy (non-hydrogen) atoms. The van der Waals surface area contributed by atoms with Gasteiger partial charge in [-0.25, -0.2) is 9.97 Å². The van der Waals surface area contributed by atoms with Crippen molar-refractivity contribution in [1.82, 2.24) is 9.97 Å². The summed E-state index contributed by atoms with van der Waals surface area (Å²) in [5.41, 5.74) is 3.38. The number of pyridine rings is 2. The number of hydrogen-bond donors (Lipinski definition) is 1. The lowest BCUT2D eigenvalue weighted by atomic mass is 10.0. The van der Waals surface area contributed by atoms with E-state index < -0.39 is 0 Å². The molecule has 0 aliphatic carbocycles. The lowest BCUT2D eigenvalue weighted by molar-refractivity contribution is 0.102. The Hall–Kier alpha value is -2.76. The van der Waals surface area contributed by atoms with Gasteiger partial charge in [0.1, 0.15) is 0 Å². The number of amides is 1. The minimum absolute atomic E-state index is 0.247. The number of benzene rings is 2. The van der Waals surface area contributed by atoms with E-state index in [0.29, 0.717) is 11.3 Å². The van der Waals surface area contributed by atoms with E-state index in [4.69, 9.17) is 16.6 Å². The number of carbonyl (C=O) groups excluding carboxylic acids is 1. The Bertz CT molecular complexity index is 1160. The minimum Gasteiger partial charge on any atom is -0.319 e. The number of nitrogens with one attached hydrogen (secondary N) is 1. The quantitative estimate of drug-likeness (QED) is 0.401. The summed E-state index contributed by atoms with van der Waals surface area (Å²) < 4.78 is 0.947. The van der Waals surface area contributed by atoms with Crippen molar-refractivity contribution in [3.8, 4) is 11.3 Å². The lowest BCUT2D eigenvalue weighted by Crippen LogP contribution is -2.13. The highest BCUT2D eigenvalue weighted by Crippen LogP contribution is 2.28. The van der Waals surface area contributed by atoms with Gasteiger partial charge in [-0.05, 0) is 36.4 Å². The van der Waals surface area contributed by atoms with Crippen LogP contribution in [0.25, 0.3) is 22.2 Å². The fraction of sp³-hybridized carbons (Fsp3) is 0. The van der Waals surface area contributed by atoms with Crippen molar-refractivity contribution in [3.05, 3.63) is 88.1 Å². The smallest absolute Gasteiger partial charge is 0.256 e. The van der Waals surface area contributed by atoms with Gasteiger partial charge < -0.3 is 5.32 Å². The Morgan fingerprint density at radius 3 is 2.67 bits per heavy atom. The summed E-state index contributed by atoms with van der Waals surface area (Å²) in [4.78, 5) is 21.7. The van der Waals surface area contributed by atoms with Crippen molar-refractivity contribution in [3.63, 3.8) is 0 Å². The molecule has 4 aromatic rings. The predicted molar refractivity (Wildman–Crippen MR) is 112 cm³/mol. The first-order valence-corrected chi connectivity index (χ1v) is 9.36. The van der Waals surface area contributed by atoms with Gasteiger partial charge in [-0.2, -0.15) is 0 Å². The van der Waals surface area contributed by atoms with Crippen LogP contribution < -0.4 is 5.32 Å². The lowest BCUT2D eigenvalue weighted by Gasteiger charge is -2.11. The Balaban J connectivity index is 1.83. The molecule has 0 spiro atoms. The fourth-order valence-corrected chi connectivity index (χ4v) is 3.39. The molecule has 132 valence electrons. The van der Waals surface area contributed by atoms with E-state index in [9.17, 15) is 4.79 Å². The molecule has 2 aromatic carbocycles. The van der Waals surface area contributed by atoms with Crippen LogP contribution in [0.2, 0.25) is 5.15 Å². The van der Waals surface area contributed by atoms with Crippen LogP contribution in [0.3, 0.4) is 0 Å². The number of fused-ring (bicyclic) bond motifs is 1. The summed E-state index contributed by atoms with van der Waals surface area (Å²) in [6.07, 6.45) is 1.57. The molecule has 1 N–H and O–H groups in total. The SMILES string of the molecule is O=C(Nc1cccnc1Cl)c1cc(-c2cccc(Br)c2)nc2ccccc12. The van der Waals surface area contributed by atoms with Crippen molar-refractivity contribution in [2.24, 2.45) is 0 Å². The third-order valence-corrected chi connectivity index (χ3v) is 4.88. The highest BCUT2D eigenvalue weighted by atomic mass is 79.9. The van der Waals surface area contributed by atoms with E-state index in [-0.39, 0.29) is 11.1 Å². The van der Waals surface area contributed by atoms with E-state index in [1.165, 1.54) is 0 Å². The second-order valence-electron chi connectivity index (χ2n) is 5.88. The van der Waals surface area contributed by atoms with Crippen LogP contribution in [-0.2, 0) is 0 Å². The van der Waals surface area contributed by atoms with Crippen LogP contribution in [0.15, 0.2) is 77.4 Å². The number of anilines is 1. The third-order valence-electron chi connectivity index (χ3n) is 4.09. The van der Waals surface area contributed by atoms with Crippen molar-refractivity contribution < 1.29 is 4.79 Å². The maximum Gasteiger partial charge on any atom is 0.256 e. The average Bonchev–Trinajstić information content (AvgIpc) is 2.69. The van der Waals surface area contributed by atoms with Gasteiger partial charge in [0, 0.05) is 21.6 Å². The topological polar surface area (TPSA) is 54.9 Å². The number of carbonyl (C=O) groups is 1. The van der Waals surface area contributed by atoms with E-state index >= 15 is 0 Å². The minimum atomic E-state index is -0.264. The van der Waals surface area contributed by atoms with Gasteiger partial charge in [0.15, 0.2) is 5.15 Å². The number of para-hydroxylation sites is 1.